The van der Waals surface area contributed by atoms with Gasteiger partial charge < -0.3 is 5.32 Å². The smallest absolute Gasteiger partial charge is 0.223 e. The first-order valence-electron chi connectivity index (χ1n) is 10.4. The van der Waals surface area contributed by atoms with E-state index in [-0.39, 0.29) is 17.6 Å². The minimum absolute atomic E-state index is 0.000972. The lowest BCUT2D eigenvalue weighted by Crippen LogP contribution is -2.41. The summed E-state index contributed by atoms with van der Waals surface area (Å²) in [5, 5.41) is 4.47. The molecular weight excluding hydrogens is 416 g/mol. The van der Waals surface area contributed by atoms with E-state index in [2.05, 4.69) is 22.4 Å². The van der Waals surface area contributed by atoms with Gasteiger partial charge in [-0.05, 0) is 49.8 Å². The maximum Gasteiger partial charge on any atom is 0.223 e. The van der Waals surface area contributed by atoms with Crippen LogP contribution in [0.1, 0.15) is 49.1 Å². The summed E-state index contributed by atoms with van der Waals surface area (Å²) < 4.78 is 1.03. The average Bonchev–Trinajstić information content (AvgIpc) is 3.40. The molecule has 4 nitrogen and oxygen atoms in total. The van der Waals surface area contributed by atoms with Crippen LogP contribution in [0.2, 0.25) is 5.02 Å². The van der Waals surface area contributed by atoms with Crippen molar-refractivity contribution in [3.8, 4) is 0 Å². The van der Waals surface area contributed by atoms with Crippen LogP contribution >= 0.6 is 22.9 Å². The first kappa shape index (κ1) is 21.0. The lowest BCUT2D eigenvalue weighted by atomic mass is 9.96. The predicted octanol–water partition coefficient (Wildman–Crippen LogP) is 5.54. The fraction of sp³-hybridized carbons (Fsp3) is 0.375. The Labute approximate surface area is 185 Å². The molecule has 0 saturated heterocycles. The van der Waals surface area contributed by atoms with Crippen LogP contribution in [0.25, 0.3) is 10.2 Å². The molecule has 0 aliphatic heterocycles. The summed E-state index contributed by atoms with van der Waals surface area (Å²) in [6.07, 6.45) is 3.66. The lowest BCUT2D eigenvalue weighted by molar-refractivity contribution is -0.129. The Morgan fingerprint density at radius 1 is 1.17 bits per heavy atom. The molecule has 4 rings (SSSR count). The zero-order valence-electron chi connectivity index (χ0n) is 16.9. The number of carbonyl (C=O) groups is 2. The zero-order valence-corrected chi connectivity index (χ0v) is 18.5. The van der Waals surface area contributed by atoms with Gasteiger partial charge in [-0.15, -0.1) is 11.3 Å². The van der Waals surface area contributed by atoms with Gasteiger partial charge in [0, 0.05) is 18.8 Å². The Morgan fingerprint density at radius 3 is 2.73 bits per heavy atom. The number of hydrogen-bond acceptors (Lipinski definition) is 4. The first-order chi connectivity index (χ1) is 14.5. The van der Waals surface area contributed by atoms with Crippen LogP contribution in [0.3, 0.4) is 0 Å². The third-order valence-corrected chi connectivity index (χ3v) is 7.30. The topological polar surface area (TPSA) is 59.1 Å². The molecule has 156 valence electrons. The van der Waals surface area contributed by atoms with Crippen molar-refractivity contribution in [2.24, 2.45) is 5.92 Å². The molecule has 30 heavy (non-hydrogen) atoms. The first-order valence-corrected chi connectivity index (χ1v) is 11.6. The van der Waals surface area contributed by atoms with Gasteiger partial charge in [-0.2, -0.15) is 0 Å². The largest absolute Gasteiger partial charge is 0.346 e. The number of halogens is 1. The molecule has 0 spiro atoms. The Hall–Kier alpha value is -2.24. The van der Waals surface area contributed by atoms with Crippen molar-refractivity contribution in [2.75, 3.05) is 0 Å². The summed E-state index contributed by atoms with van der Waals surface area (Å²) in [6.45, 7) is 1.78. The normalized spacial score (nSPS) is 19.7. The fourth-order valence-corrected chi connectivity index (χ4v) is 5.44. The Morgan fingerprint density at radius 2 is 1.97 bits per heavy atom. The second-order valence-corrected chi connectivity index (χ2v) is 9.53. The number of nitrogens with one attached hydrogen (secondary N) is 1. The van der Waals surface area contributed by atoms with E-state index in [1.54, 1.807) is 18.3 Å². The Balaban J connectivity index is 1.28. The molecule has 2 aromatic carbocycles. The minimum atomic E-state index is -0.480. The number of nitrogens with zero attached hydrogens (tertiary/aromatic N) is 1. The summed E-state index contributed by atoms with van der Waals surface area (Å²) in [4.78, 5) is 29.8. The molecule has 6 heteroatoms. The van der Waals surface area contributed by atoms with Crippen molar-refractivity contribution < 1.29 is 9.59 Å². The monoisotopic (exact) mass is 440 g/mol. The number of rotatable bonds is 7. The number of ketones is 1. The molecular formula is C24H25ClN2O2S. The molecule has 1 aromatic heterocycles. The van der Waals surface area contributed by atoms with Crippen LogP contribution in [0.5, 0.6) is 0 Å². The van der Waals surface area contributed by atoms with Crippen LogP contribution in [-0.2, 0) is 16.0 Å². The highest BCUT2D eigenvalue weighted by Crippen LogP contribution is 2.38. The van der Waals surface area contributed by atoms with Crippen molar-refractivity contribution in [3.63, 3.8) is 0 Å². The van der Waals surface area contributed by atoms with E-state index < -0.39 is 6.04 Å². The summed E-state index contributed by atoms with van der Waals surface area (Å²) in [6, 6.07) is 15.6. The van der Waals surface area contributed by atoms with Gasteiger partial charge in [-0.25, -0.2) is 4.98 Å². The van der Waals surface area contributed by atoms with E-state index in [1.165, 1.54) is 5.56 Å². The number of Topliss-reactive ketones (excluding diaryl/α,β-unsaturated/α-hetero) is 1. The number of aromatic nitrogens is 1. The highest BCUT2D eigenvalue weighted by molar-refractivity contribution is 7.18. The SMILES string of the molecule is C[C@H](NC(=O)[C@@H]1CC[C@@H](c2ccccc2)C1)C(=O)CCc1nc2c(Cl)cccc2s1. The molecule has 1 N–H and O–H groups in total. The third-order valence-electron chi connectivity index (χ3n) is 5.92. The minimum Gasteiger partial charge on any atom is -0.346 e. The van der Waals surface area contributed by atoms with E-state index >= 15 is 0 Å². The van der Waals surface area contributed by atoms with E-state index in [0.29, 0.717) is 23.8 Å². The number of carbonyl (C=O) groups excluding carboxylic acids is 2. The second-order valence-electron chi connectivity index (χ2n) is 8.01. The maximum atomic E-state index is 12.7. The van der Waals surface area contributed by atoms with E-state index in [1.807, 2.05) is 36.4 Å². The standard InChI is InChI=1S/C24H25ClN2O2S/c1-15(20(28)12-13-22-27-23-19(25)8-5-9-21(23)30-22)26-24(29)18-11-10-17(14-18)16-6-3-2-4-7-16/h2-9,15,17-18H,10-14H2,1H3,(H,26,29)/t15-,17+,18+/m0/s1. The zero-order chi connectivity index (χ0) is 21.1. The molecule has 0 bridgehead atoms. The highest BCUT2D eigenvalue weighted by atomic mass is 35.5. The second kappa shape index (κ2) is 9.27. The van der Waals surface area contributed by atoms with Crippen LogP contribution < -0.4 is 5.32 Å². The molecule has 1 amide bonds. The van der Waals surface area contributed by atoms with Gasteiger partial charge in [-0.1, -0.05) is 48.0 Å². The van der Waals surface area contributed by atoms with Crippen molar-refractivity contribution in [1.29, 1.82) is 0 Å². The van der Waals surface area contributed by atoms with Gasteiger partial charge in [0.2, 0.25) is 5.91 Å². The highest BCUT2D eigenvalue weighted by Gasteiger charge is 2.31. The lowest BCUT2D eigenvalue weighted by Gasteiger charge is -2.16. The number of fused-ring (bicyclic) bond motifs is 1. The summed E-state index contributed by atoms with van der Waals surface area (Å²) in [5.41, 5.74) is 2.09. The van der Waals surface area contributed by atoms with Gasteiger partial charge in [-0.3, -0.25) is 9.59 Å². The molecule has 1 aliphatic carbocycles. The number of para-hydroxylation sites is 1. The van der Waals surface area contributed by atoms with Gasteiger partial charge >= 0.3 is 0 Å². The molecule has 1 fully saturated rings. The van der Waals surface area contributed by atoms with Crippen LogP contribution in [0.15, 0.2) is 48.5 Å². The van der Waals surface area contributed by atoms with Crippen molar-refractivity contribution in [2.45, 2.75) is 51.0 Å². The van der Waals surface area contributed by atoms with Gasteiger partial charge in [0.05, 0.1) is 20.8 Å². The molecule has 1 aliphatic rings. The molecule has 1 heterocycles. The number of amides is 1. The molecule has 0 radical (unpaired) electrons. The van der Waals surface area contributed by atoms with Gasteiger partial charge in [0.25, 0.3) is 0 Å². The van der Waals surface area contributed by atoms with E-state index in [9.17, 15) is 9.59 Å². The number of hydrogen-bond donors (Lipinski definition) is 1. The fourth-order valence-electron chi connectivity index (χ4n) is 4.17. The van der Waals surface area contributed by atoms with Crippen molar-refractivity contribution in [1.82, 2.24) is 10.3 Å². The third kappa shape index (κ3) is 4.73. The van der Waals surface area contributed by atoms with Crippen LogP contribution in [0.4, 0.5) is 0 Å². The number of benzene rings is 2. The Kier molecular flexibility index (Phi) is 6.49. The average molecular weight is 441 g/mol. The van der Waals surface area contributed by atoms with E-state index in [0.717, 1.165) is 34.5 Å². The molecule has 3 atom stereocenters. The van der Waals surface area contributed by atoms with Crippen molar-refractivity contribution in [3.05, 3.63) is 64.1 Å². The quantitative estimate of drug-likeness (QED) is 0.524. The maximum absolute atomic E-state index is 12.7. The predicted molar refractivity (Wildman–Crippen MR) is 122 cm³/mol. The van der Waals surface area contributed by atoms with Gasteiger partial charge in [0.15, 0.2) is 5.78 Å². The summed E-state index contributed by atoms with van der Waals surface area (Å²) >= 11 is 7.74. The molecule has 3 aromatic rings. The summed E-state index contributed by atoms with van der Waals surface area (Å²) in [5.74, 6) is 0.447. The van der Waals surface area contributed by atoms with E-state index in [4.69, 9.17) is 11.6 Å². The Bertz CT molecular complexity index is 1050. The van der Waals surface area contributed by atoms with Crippen LogP contribution in [-0.4, -0.2) is 22.7 Å². The summed E-state index contributed by atoms with van der Waals surface area (Å²) in [7, 11) is 0. The number of aryl methyl sites for hydroxylation is 1. The van der Waals surface area contributed by atoms with Crippen LogP contribution in [0, 0.1) is 5.92 Å². The molecule has 0 unspecified atom stereocenters. The number of thiazole rings is 1. The van der Waals surface area contributed by atoms with Crippen molar-refractivity contribution >= 4 is 44.8 Å². The van der Waals surface area contributed by atoms with Gasteiger partial charge in [0.1, 0.15) is 5.52 Å². The molecule has 1 saturated carbocycles.